The number of amides is 1. The Hall–Kier alpha value is -0.630. The Balaban J connectivity index is 0.00000196. The predicted molar refractivity (Wildman–Crippen MR) is 114 cm³/mol. The Morgan fingerprint density at radius 3 is 2.75 bits per heavy atom. The Morgan fingerprint density at radius 2 is 2.11 bits per heavy atom. The fourth-order valence-corrected chi connectivity index (χ4v) is 4.11. The van der Waals surface area contributed by atoms with Crippen LogP contribution in [0, 0.1) is 5.82 Å². The molecule has 9 heteroatoms. The van der Waals surface area contributed by atoms with E-state index in [2.05, 4.69) is 15.5 Å². The number of ether oxygens (including phenoxy) is 1. The fraction of sp³-hybridized carbons (Fsp3) is 0.632. The Kier molecular flexibility index (Phi) is 10.5. The number of nitrogens with zero attached hydrogens (tertiary/aromatic N) is 1. The van der Waals surface area contributed by atoms with Crippen molar-refractivity contribution in [3.8, 4) is 0 Å². The van der Waals surface area contributed by atoms with E-state index >= 15 is 0 Å². The van der Waals surface area contributed by atoms with E-state index < -0.39 is 5.60 Å². The van der Waals surface area contributed by atoms with Gasteiger partial charge < -0.3 is 15.4 Å². The maximum atomic E-state index is 13.2. The van der Waals surface area contributed by atoms with Gasteiger partial charge in [0.05, 0.1) is 0 Å². The van der Waals surface area contributed by atoms with Crippen LogP contribution in [0.2, 0.25) is 5.02 Å². The molecule has 0 bridgehead atoms. The molecule has 1 amide bonds. The Morgan fingerprint density at radius 1 is 1.39 bits per heavy atom. The number of benzene rings is 1. The minimum Gasteiger partial charge on any atom is -0.368 e. The monoisotopic (exact) mass is 455 g/mol. The smallest absolute Gasteiger partial charge is 0.252 e. The van der Waals surface area contributed by atoms with Crippen LogP contribution in [0.25, 0.3) is 0 Å². The molecule has 1 aromatic carbocycles. The Labute approximate surface area is 183 Å². The maximum absolute atomic E-state index is 13.2. The lowest BCUT2D eigenvalue weighted by Crippen LogP contribution is -2.58. The number of hydrogen-bond donors (Lipinski definition) is 2. The quantitative estimate of drug-likeness (QED) is 0.714. The van der Waals surface area contributed by atoms with Gasteiger partial charge in [-0.3, -0.25) is 9.69 Å². The molecule has 2 fully saturated rings. The van der Waals surface area contributed by atoms with Crippen molar-refractivity contribution >= 4 is 42.3 Å². The van der Waals surface area contributed by atoms with E-state index in [0.29, 0.717) is 24.4 Å². The van der Waals surface area contributed by atoms with E-state index in [9.17, 15) is 9.18 Å². The van der Waals surface area contributed by atoms with Gasteiger partial charge in [-0.15, -0.1) is 24.8 Å². The number of likely N-dealkylation sites (tertiary alicyclic amines) is 1. The van der Waals surface area contributed by atoms with Crippen molar-refractivity contribution in [2.24, 2.45) is 0 Å². The molecule has 2 saturated heterocycles. The minimum absolute atomic E-state index is 0. The van der Waals surface area contributed by atoms with Crippen LogP contribution in [0.4, 0.5) is 4.39 Å². The van der Waals surface area contributed by atoms with Gasteiger partial charge >= 0.3 is 0 Å². The van der Waals surface area contributed by atoms with Gasteiger partial charge in [0.1, 0.15) is 11.4 Å². The van der Waals surface area contributed by atoms with Gasteiger partial charge in [0.15, 0.2) is 0 Å². The normalized spacial score (nSPS) is 21.9. The van der Waals surface area contributed by atoms with Gasteiger partial charge in [-0.1, -0.05) is 17.7 Å². The van der Waals surface area contributed by atoms with Crippen LogP contribution in [-0.4, -0.2) is 55.7 Å². The first-order valence-corrected chi connectivity index (χ1v) is 9.63. The van der Waals surface area contributed by atoms with Gasteiger partial charge in [-0.2, -0.15) is 0 Å². The summed E-state index contributed by atoms with van der Waals surface area (Å²) >= 11 is 6.15. The van der Waals surface area contributed by atoms with Crippen molar-refractivity contribution in [2.45, 2.75) is 43.9 Å². The molecule has 1 atom stereocenters. The van der Waals surface area contributed by atoms with Crippen LogP contribution < -0.4 is 10.6 Å². The van der Waals surface area contributed by atoms with Crippen LogP contribution in [0.3, 0.4) is 0 Å². The number of hydrogen-bond acceptors (Lipinski definition) is 4. The molecule has 0 aliphatic carbocycles. The second-order valence-corrected chi connectivity index (χ2v) is 7.64. The molecule has 0 spiro atoms. The molecule has 2 N–H and O–H groups in total. The first-order chi connectivity index (χ1) is 12.5. The third kappa shape index (κ3) is 6.18. The van der Waals surface area contributed by atoms with Crippen LogP contribution in [-0.2, 0) is 16.1 Å². The summed E-state index contributed by atoms with van der Waals surface area (Å²) in [7, 11) is 1.62. The first-order valence-electron chi connectivity index (χ1n) is 9.25. The minimum atomic E-state index is -0.714. The van der Waals surface area contributed by atoms with Crippen molar-refractivity contribution in [2.75, 3.05) is 33.3 Å². The van der Waals surface area contributed by atoms with Gasteiger partial charge in [0.25, 0.3) is 5.91 Å². The van der Waals surface area contributed by atoms with E-state index in [-0.39, 0.29) is 42.6 Å². The van der Waals surface area contributed by atoms with E-state index in [1.165, 1.54) is 12.1 Å². The SMILES string of the molecule is COC1(C(=O)NC2CCCN(Cc3ccc(F)cc3Cl)C2)CCNCC1.Cl.Cl. The van der Waals surface area contributed by atoms with Crippen LogP contribution in [0.15, 0.2) is 18.2 Å². The highest BCUT2D eigenvalue weighted by Gasteiger charge is 2.40. The molecule has 1 unspecified atom stereocenters. The second-order valence-electron chi connectivity index (χ2n) is 7.23. The molecule has 160 valence electrons. The number of carbonyl (C=O) groups is 1. The highest BCUT2D eigenvalue weighted by molar-refractivity contribution is 6.31. The molecule has 0 aromatic heterocycles. The third-order valence-electron chi connectivity index (χ3n) is 5.47. The molecular formula is C19H29Cl3FN3O2. The van der Waals surface area contributed by atoms with Gasteiger partial charge in [0.2, 0.25) is 0 Å². The zero-order valence-corrected chi connectivity index (χ0v) is 18.4. The molecule has 1 aromatic rings. The molecule has 0 radical (unpaired) electrons. The van der Waals surface area contributed by atoms with E-state index in [1.807, 2.05) is 0 Å². The average Bonchev–Trinajstić information content (AvgIpc) is 2.65. The standard InChI is InChI=1S/C19H27ClFN3O2.2ClH/c1-26-19(6-8-22-9-7-19)18(25)23-16-3-2-10-24(13-16)12-14-4-5-15(21)11-17(14)20;;/h4-5,11,16,22H,2-3,6-10,12-13H2,1H3,(H,23,25);2*1H. The molecule has 2 aliphatic heterocycles. The number of rotatable bonds is 5. The zero-order chi connectivity index (χ0) is 18.6. The summed E-state index contributed by atoms with van der Waals surface area (Å²) in [4.78, 5) is 15.1. The lowest BCUT2D eigenvalue weighted by Gasteiger charge is -2.38. The number of nitrogens with one attached hydrogen (secondary N) is 2. The van der Waals surface area contributed by atoms with Gasteiger partial charge in [-0.25, -0.2) is 4.39 Å². The first kappa shape index (κ1) is 25.4. The Bertz CT molecular complexity index is 645. The van der Waals surface area contributed by atoms with Crippen LogP contribution in [0.5, 0.6) is 0 Å². The summed E-state index contributed by atoms with van der Waals surface area (Å²) < 4.78 is 18.8. The van der Waals surface area contributed by atoms with Crippen LogP contribution in [0.1, 0.15) is 31.2 Å². The largest absolute Gasteiger partial charge is 0.368 e. The lowest BCUT2D eigenvalue weighted by molar-refractivity contribution is -0.147. The average molecular weight is 457 g/mol. The molecule has 0 saturated carbocycles. The summed E-state index contributed by atoms with van der Waals surface area (Å²) in [5.41, 5.74) is 0.195. The van der Waals surface area contributed by atoms with Gasteiger partial charge in [-0.05, 0) is 63.0 Å². The fourth-order valence-electron chi connectivity index (χ4n) is 3.88. The van der Waals surface area contributed by atoms with Crippen LogP contribution >= 0.6 is 36.4 Å². The molecule has 5 nitrogen and oxygen atoms in total. The predicted octanol–water partition coefficient (Wildman–Crippen LogP) is 3.17. The number of methoxy groups -OCH3 is 1. The third-order valence-corrected chi connectivity index (χ3v) is 5.82. The lowest BCUT2D eigenvalue weighted by atomic mass is 9.90. The maximum Gasteiger partial charge on any atom is 0.252 e. The van der Waals surface area contributed by atoms with E-state index in [1.54, 1.807) is 13.2 Å². The van der Waals surface area contributed by atoms with Crippen molar-refractivity contribution in [3.63, 3.8) is 0 Å². The number of halogens is 4. The number of piperidine rings is 2. The molecular weight excluding hydrogens is 428 g/mol. The van der Waals surface area contributed by atoms with Crippen molar-refractivity contribution < 1.29 is 13.9 Å². The highest BCUT2D eigenvalue weighted by Crippen LogP contribution is 2.24. The topological polar surface area (TPSA) is 53.6 Å². The molecule has 2 heterocycles. The van der Waals surface area contributed by atoms with E-state index in [4.69, 9.17) is 16.3 Å². The summed E-state index contributed by atoms with van der Waals surface area (Å²) in [6.07, 6.45) is 3.34. The molecule has 2 aliphatic rings. The number of carbonyl (C=O) groups excluding carboxylic acids is 1. The second kappa shape index (κ2) is 11.5. The molecule has 28 heavy (non-hydrogen) atoms. The summed E-state index contributed by atoms with van der Waals surface area (Å²) in [5.74, 6) is -0.331. The summed E-state index contributed by atoms with van der Waals surface area (Å²) in [6, 6.07) is 4.61. The van der Waals surface area contributed by atoms with Crippen molar-refractivity contribution in [3.05, 3.63) is 34.6 Å². The molecule has 3 rings (SSSR count). The highest BCUT2D eigenvalue weighted by atomic mass is 35.5. The summed E-state index contributed by atoms with van der Waals surface area (Å²) in [5, 5.41) is 6.91. The summed E-state index contributed by atoms with van der Waals surface area (Å²) in [6.45, 7) is 3.95. The van der Waals surface area contributed by atoms with Crippen molar-refractivity contribution in [1.29, 1.82) is 0 Å². The zero-order valence-electron chi connectivity index (χ0n) is 16.0. The van der Waals surface area contributed by atoms with Crippen molar-refractivity contribution in [1.82, 2.24) is 15.5 Å². The van der Waals surface area contributed by atoms with E-state index in [0.717, 1.165) is 44.6 Å². The van der Waals surface area contributed by atoms with Gasteiger partial charge in [0, 0.05) is 31.3 Å².